The van der Waals surface area contributed by atoms with Crippen LogP contribution in [0.5, 0.6) is 0 Å². The van der Waals surface area contributed by atoms with Crippen molar-refractivity contribution in [3.63, 3.8) is 0 Å². The van der Waals surface area contributed by atoms with Gasteiger partial charge in [-0.1, -0.05) is 61.9 Å². The van der Waals surface area contributed by atoms with Crippen LogP contribution in [0.15, 0.2) is 59.5 Å². The molecule has 2 aromatic rings. The molecule has 1 N–H and O–H groups in total. The summed E-state index contributed by atoms with van der Waals surface area (Å²) in [4.78, 5) is 0.327. The lowest BCUT2D eigenvalue weighted by atomic mass is 9.98. The van der Waals surface area contributed by atoms with Crippen LogP contribution >= 0.6 is 0 Å². The van der Waals surface area contributed by atoms with Gasteiger partial charge in [-0.2, -0.15) is 0 Å². The van der Waals surface area contributed by atoms with Gasteiger partial charge < -0.3 is 0 Å². The van der Waals surface area contributed by atoms with Gasteiger partial charge in [0.1, 0.15) is 0 Å². The zero-order chi connectivity index (χ0) is 16.9. The van der Waals surface area contributed by atoms with E-state index in [-0.39, 0.29) is 12.0 Å². The van der Waals surface area contributed by atoms with E-state index in [1.54, 1.807) is 12.1 Å². The van der Waals surface area contributed by atoms with E-state index in [0.29, 0.717) is 4.90 Å². The van der Waals surface area contributed by atoms with E-state index in [4.69, 9.17) is 0 Å². The Morgan fingerprint density at radius 3 is 2.13 bits per heavy atom. The average Bonchev–Trinajstić information content (AvgIpc) is 2.52. The maximum Gasteiger partial charge on any atom is 0.240 e. The predicted molar refractivity (Wildman–Crippen MR) is 94.9 cm³/mol. The second-order valence-corrected chi connectivity index (χ2v) is 8.02. The van der Waals surface area contributed by atoms with Gasteiger partial charge in [0.15, 0.2) is 0 Å². The average molecular weight is 331 g/mol. The smallest absolute Gasteiger partial charge is 0.208 e. The normalized spacial score (nSPS) is 13.2. The first-order valence-corrected chi connectivity index (χ1v) is 9.50. The van der Waals surface area contributed by atoms with E-state index in [2.05, 4.69) is 16.9 Å². The van der Waals surface area contributed by atoms with Crippen molar-refractivity contribution in [2.24, 2.45) is 5.92 Å². The molecule has 0 aliphatic rings. The van der Waals surface area contributed by atoms with Gasteiger partial charge in [-0.3, -0.25) is 0 Å². The van der Waals surface area contributed by atoms with Crippen molar-refractivity contribution in [1.82, 2.24) is 4.72 Å². The molecule has 0 heterocycles. The van der Waals surface area contributed by atoms with Crippen LogP contribution in [-0.2, 0) is 16.4 Å². The number of rotatable bonds is 7. The maximum atomic E-state index is 12.6. The molecule has 1 atom stereocenters. The minimum atomic E-state index is -3.48. The summed E-state index contributed by atoms with van der Waals surface area (Å²) in [6, 6.07) is 17.0. The number of benzene rings is 2. The SMILES string of the molecule is Cc1ccc(S(=O)(=O)NC(CCc2ccccc2)C(C)C)cc1. The fourth-order valence-electron chi connectivity index (χ4n) is 2.48. The van der Waals surface area contributed by atoms with Gasteiger partial charge in [0.2, 0.25) is 10.0 Å². The van der Waals surface area contributed by atoms with Crippen LogP contribution < -0.4 is 4.72 Å². The Kier molecular flexibility index (Phi) is 5.97. The van der Waals surface area contributed by atoms with Crippen LogP contribution in [-0.4, -0.2) is 14.5 Å². The van der Waals surface area contributed by atoms with Crippen molar-refractivity contribution >= 4 is 10.0 Å². The molecule has 0 saturated carbocycles. The van der Waals surface area contributed by atoms with Crippen LogP contribution in [0.1, 0.15) is 31.4 Å². The first kappa shape index (κ1) is 17.7. The number of nitrogens with one attached hydrogen (secondary N) is 1. The zero-order valence-electron chi connectivity index (χ0n) is 14.0. The fourth-order valence-corrected chi connectivity index (χ4v) is 3.90. The first-order chi connectivity index (χ1) is 10.9. The van der Waals surface area contributed by atoms with E-state index in [9.17, 15) is 8.42 Å². The Balaban J connectivity index is 2.07. The molecule has 2 rings (SSSR count). The van der Waals surface area contributed by atoms with Crippen LogP contribution in [0.4, 0.5) is 0 Å². The maximum absolute atomic E-state index is 12.6. The van der Waals surface area contributed by atoms with Gasteiger partial charge in [-0.15, -0.1) is 0 Å². The Morgan fingerprint density at radius 1 is 0.957 bits per heavy atom. The molecule has 1 unspecified atom stereocenters. The van der Waals surface area contributed by atoms with Crippen molar-refractivity contribution in [3.8, 4) is 0 Å². The number of hydrogen-bond acceptors (Lipinski definition) is 2. The molecular weight excluding hydrogens is 306 g/mol. The van der Waals surface area contributed by atoms with Crippen molar-refractivity contribution in [3.05, 3.63) is 65.7 Å². The third-order valence-corrected chi connectivity index (χ3v) is 5.54. The molecule has 0 aromatic heterocycles. The van der Waals surface area contributed by atoms with Crippen LogP contribution in [0, 0.1) is 12.8 Å². The molecule has 0 bridgehead atoms. The van der Waals surface area contributed by atoms with Gasteiger partial charge in [-0.05, 0) is 43.4 Å². The molecule has 0 amide bonds. The second kappa shape index (κ2) is 7.75. The van der Waals surface area contributed by atoms with Crippen molar-refractivity contribution in [2.75, 3.05) is 0 Å². The molecule has 0 aliphatic carbocycles. The van der Waals surface area contributed by atoms with Crippen molar-refractivity contribution in [2.45, 2.75) is 44.6 Å². The second-order valence-electron chi connectivity index (χ2n) is 6.31. The molecule has 0 radical (unpaired) electrons. The summed E-state index contributed by atoms with van der Waals surface area (Å²) >= 11 is 0. The molecule has 0 aliphatic heterocycles. The minimum Gasteiger partial charge on any atom is -0.208 e. The highest BCUT2D eigenvalue weighted by molar-refractivity contribution is 7.89. The minimum absolute atomic E-state index is 0.0819. The molecule has 0 saturated heterocycles. The summed E-state index contributed by atoms with van der Waals surface area (Å²) < 4.78 is 28.0. The van der Waals surface area contributed by atoms with Crippen LogP contribution in [0.25, 0.3) is 0 Å². The van der Waals surface area contributed by atoms with E-state index < -0.39 is 10.0 Å². The lowest BCUT2D eigenvalue weighted by Gasteiger charge is -2.22. The molecule has 0 fully saturated rings. The van der Waals surface area contributed by atoms with Gasteiger partial charge >= 0.3 is 0 Å². The van der Waals surface area contributed by atoms with Crippen LogP contribution in [0.2, 0.25) is 0 Å². The third-order valence-electron chi connectivity index (χ3n) is 4.03. The quantitative estimate of drug-likeness (QED) is 0.835. The van der Waals surface area contributed by atoms with Crippen LogP contribution in [0.3, 0.4) is 0 Å². The zero-order valence-corrected chi connectivity index (χ0v) is 14.8. The lowest BCUT2D eigenvalue weighted by Crippen LogP contribution is -2.38. The summed E-state index contributed by atoms with van der Waals surface area (Å²) in [5, 5.41) is 0. The highest BCUT2D eigenvalue weighted by atomic mass is 32.2. The monoisotopic (exact) mass is 331 g/mol. The number of hydrogen-bond donors (Lipinski definition) is 1. The van der Waals surface area contributed by atoms with E-state index in [0.717, 1.165) is 18.4 Å². The molecule has 3 nitrogen and oxygen atoms in total. The molecule has 2 aromatic carbocycles. The van der Waals surface area contributed by atoms with Crippen molar-refractivity contribution in [1.29, 1.82) is 0 Å². The molecular formula is C19H25NO2S. The van der Waals surface area contributed by atoms with Gasteiger partial charge in [0.25, 0.3) is 0 Å². The van der Waals surface area contributed by atoms with E-state index in [1.807, 2.05) is 51.1 Å². The molecule has 0 spiro atoms. The summed E-state index contributed by atoms with van der Waals surface area (Å²) in [5.74, 6) is 0.235. The number of aryl methyl sites for hydroxylation is 2. The lowest BCUT2D eigenvalue weighted by molar-refractivity contribution is 0.424. The third kappa shape index (κ3) is 5.19. The van der Waals surface area contributed by atoms with E-state index in [1.165, 1.54) is 5.56 Å². The topological polar surface area (TPSA) is 46.2 Å². The Labute approximate surface area is 139 Å². The molecule has 23 heavy (non-hydrogen) atoms. The first-order valence-electron chi connectivity index (χ1n) is 8.01. The van der Waals surface area contributed by atoms with Crippen molar-refractivity contribution < 1.29 is 8.42 Å². The summed E-state index contributed by atoms with van der Waals surface area (Å²) in [7, 11) is -3.48. The van der Waals surface area contributed by atoms with Gasteiger partial charge in [-0.25, -0.2) is 13.1 Å². The standard InChI is InChI=1S/C19H25NO2S/c1-15(2)19(14-11-17-7-5-4-6-8-17)20-23(21,22)18-12-9-16(3)10-13-18/h4-10,12-13,15,19-20H,11,14H2,1-3H3. The number of sulfonamides is 1. The highest BCUT2D eigenvalue weighted by Gasteiger charge is 2.22. The molecule has 124 valence electrons. The van der Waals surface area contributed by atoms with Gasteiger partial charge in [0.05, 0.1) is 4.90 Å². The molecule has 4 heteroatoms. The summed E-state index contributed by atoms with van der Waals surface area (Å²) in [6.07, 6.45) is 1.65. The Hall–Kier alpha value is -1.65. The van der Waals surface area contributed by atoms with Gasteiger partial charge in [0, 0.05) is 6.04 Å². The Bertz CT molecular complexity index is 707. The summed E-state index contributed by atoms with van der Waals surface area (Å²) in [6.45, 7) is 6.04. The predicted octanol–water partition coefficient (Wildman–Crippen LogP) is 3.93. The largest absolute Gasteiger partial charge is 0.240 e. The Morgan fingerprint density at radius 2 is 1.57 bits per heavy atom. The highest BCUT2D eigenvalue weighted by Crippen LogP contribution is 2.16. The summed E-state index contributed by atoms with van der Waals surface area (Å²) in [5.41, 5.74) is 2.28. The fraction of sp³-hybridized carbons (Fsp3) is 0.368. The van der Waals surface area contributed by atoms with E-state index >= 15 is 0 Å².